The van der Waals surface area contributed by atoms with Gasteiger partial charge >= 0.3 is 6.48 Å². The first-order valence-electron chi connectivity index (χ1n) is 4.14. The molecule has 0 saturated carbocycles. The summed E-state index contributed by atoms with van der Waals surface area (Å²) in [5, 5.41) is 0.856. The van der Waals surface area contributed by atoms with E-state index in [1.165, 1.54) is 0 Å². The minimum Gasteiger partial charge on any atom is -0.206 e. The Kier molecular flexibility index (Phi) is 6.05. The van der Waals surface area contributed by atoms with Crippen LogP contribution < -0.4 is 0 Å². The van der Waals surface area contributed by atoms with Gasteiger partial charge in [-0.25, -0.2) is 12.5 Å². The summed E-state index contributed by atoms with van der Waals surface area (Å²) < 4.78 is 78.2. The van der Waals surface area contributed by atoms with Gasteiger partial charge in [0.15, 0.2) is 0 Å². The zero-order chi connectivity index (χ0) is 15.3. The maximum Gasteiger partial charge on any atom is 0.317 e. The molecule has 0 heterocycles. The van der Waals surface area contributed by atoms with E-state index in [0.717, 1.165) is 0 Å². The van der Waals surface area contributed by atoms with Crippen molar-refractivity contribution in [3.63, 3.8) is 0 Å². The normalized spacial score (nSPS) is 13.1. The van der Waals surface area contributed by atoms with Crippen LogP contribution in [0.25, 0.3) is 0 Å². The lowest BCUT2D eigenvalue weighted by atomic mass is 11.3. The first-order valence-corrected chi connectivity index (χ1v) is 8.55. The van der Waals surface area contributed by atoms with Crippen LogP contribution in [0, 0.1) is 0 Å². The molecule has 0 radical (unpaired) electrons. The predicted octanol–water partition coefficient (Wildman–Crippen LogP) is -0.260. The van der Waals surface area contributed by atoms with Crippen molar-refractivity contribution >= 4 is 30.4 Å². The van der Waals surface area contributed by atoms with E-state index in [9.17, 15) is 25.3 Å². The molecule has 0 aliphatic heterocycles. The molecule has 9 nitrogen and oxygen atoms in total. The van der Waals surface area contributed by atoms with Gasteiger partial charge < -0.3 is 0 Å². The molecule has 0 saturated heterocycles. The molecular formula is C7H10O9S3. The van der Waals surface area contributed by atoms with Crippen LogP contribution in [0.3, 0.4) is 0 Å². The van der Waals surface area contributed by atoms with Crippen molar-refractivity contribution in [2.75, 3.05) is 0 Å². The molecular weight excluding hydrogens is 324 g/mol. The average molecular weight is 334 g/mol. The SMILES string of the molecule is C=CS(=O)(=O)OC(OS(=O)(=O)C=C)OS(=O)(=O)C=C. The second-order valence-electron chi connectivity index (χ2n) is 2.56. The molecule has 12 heteroatoms. The Balaban J connectivity index is 5.33. The number of hydrogen-bond donors (Lipinski definition) is 0. The van der Waals surface area contributed by atoms with E-state index in [-0.39, 0.29) is 16.2 Å². The van der Waals surface area contributed by atoms with Crippen LogP contribution >= 0.6 is 0 Å². The van der Waals surface area contributed by atoms with E-state index in [2.05, 4.69) is 32.3 Å². The van der Waals surface area contributed by atoms with E-state index in [4.69, 9.17) is 0 Å². The van der Waals surface area contributed by atoms with Gasteiger partial charge in [0.05, 0.1) is 16.2 Å². The predicted molar refractivity (Wildman–Crippen MR) is 64.4 cm³/mol. The van der Waals surface area contributed by atoms with Gasteiger partial charge in [-0.15, -0.1) is 0 Å². The Morgan fingerprint density at radius 3 is 1.00 bits per heavy atom. The maximum absolute atomic E-state index is 11.0. The first-order chi connectivity index (χ1) is 8.47. The molecule has 0 N–H and O–H groups in total. The van der Waals surface area contributed by atoms with Crippen molar-refractivity contribution in [1.82, 2.24) is 0 Å². The summed E-state index contributed by atoms with van der Waals surface area (Å²) in [6, 6.07) is 0. The van der Waals surface area contributed by atoms with Gasteiger partial charge in [0.2, 0.25) is 0 Å². The Hall–Kier alpha value is -1.05. The third-order valence-electron chi connectivity index (χ3n) is 1.25. The summed E-state index contributed by atoms with van der Waals surface area (Å²) in [5.41, 5.74) is 0. The van der Waals surface area contributed by atoms with Gasteiger partial charge in [-0.05, 0) is 0 Å². The van der Waals surface area contributed by atoms with Crippen molar-refractivity contribution < 1.29 is 37.8 Å². The van der Waals surface area contributed by atoms with E-state index < -0.39 is 36.8 Å². The lowest BCUT2D eigenvalue weighted by Gasteiger charge is -2.14. The molecule has 0 aromatic rings. The van der Waals surface area contributed by atoms with Crippen LogP contribution in [0.2, 0.25) is 0 Å². The largest absolute Gasteiger partial charge is 0.317 e. The fourth-order valence-corrected chi connectivity index (χ4v) is 1.77. The molecule has 0 rings (SSSR count). The Morgan fingerprint density at radius 2 is 0.842 bits per heavy atom. The Bertz CT molecular complexity index is 558. The third-order valence-corrected chi connectivity index (χ3v) is 3.75. The minimum absolute atomic E-state index is 0.285. The monoisotopic (exact) mass is 334 g/mol. The van der Waals surface area contributed by atoms with E-state index in [1.54, 1.807) is 0 Å². The van der Waals surface area contributed by atoms with Crippen LogP contribution in [0.1, 0.15) is 0 Å². The van der Waals surface area contributed by atoms with Crippen LogP contribution in [0.4, 0.5) is 0 Å². The summed E-state index contributed by atoms with van der Waals surface area (Å²) >= 11 is 0. The Labute approximate surface area is 111 Å². The summed E-state index contributed by atoms with van der Waals surface area (Å²) in [6.45, 7) is 5.96. The van der Waals surface area contributed by atoms with Crippen LogP contribution in [-0.2, 0) is 42.9 Å². The minimum atomic E-state index is -4.46. The second-order valence-corrected chi connectivity index (χ2v) is 7.09. The van der Waals surface area contributed by atoms with E-state index >= 15 is 0 Å². The van der Waals surface area contributed by atoms with Crippen molar-refractivity contribution in [3.8, 4) is 0 Å². The molecule has 0 aliphatic rings. The average Bonchev–Trinajstić information content (AvgIpc) is 2.27. The smallest absolute Gasteiger partial charge is 0.206 e. The molecule has 0 unspecified atom stereocenters. The standard InChI is InChI=1S/C7H10O9S3/c1-4-17(8,9)14-7(15-18(10,11)5-2)16-19(12,13)6-3/h4-7H,1-3H2. The quantitative estimate of drug-likeness (QED) is 0.413. The van der Waals surface area contributed by atoms with Crippen molar-refractivity contribution in [2.24, 2.45) is 0 Å². The van der Waals surface area contributed by atoms with Gasteiger partial charge in [-0.1, -0.05) is 19.7 Å². The van der Waals surface area contributed by atoms with Crippen molar-refractivity contribution in [3.05, 3.63) is 36.0 Å². The zero-order valence-corrected chi connectivity index (χ0v) is 11.8. The van der Waals surface area contributed by atoms with Gasteiger partial charge in [-0.2, -0.15) is 25.3 Å². The molecule has 0 amide bonds. The molecule has 0 aromatic heterocycles. The molecule has 110 valence electrons. The highest BCUT2D eigenvalue weighted by Gasteiger charge is 2.28. The first kappa shape index (κ1) is 17.9. The van der Waals surface area contributed by atoms with Gasteiger partial charge in [0.25, 0.3) is 30.4 Å². The fraction of sp³-hybridized carbons (Fsp3) is 0.143. The zero-order valence-electron chi connectivity index (χ0n) is 9.33. The van der Waals surface area contributed by atoms with E-state index in [1.807, 2.05) is 0 Å². The number of hydrogen-bond acceptors (Lipinski definition) is 9. The highest BCUT2D eigenvalue weighted by molar-refractivity contribution is 7.91. The Morgan fingerprint density at radius 1 is 0.632 bits per heavy atom. The van der Waals surface area contributed by atoms with Crippen molar-refractivity contribution in [1.29, 1.82) is 0 Å². The van der Waals surface area contributed by atoms with Crippen molar-refractivity contribution in [2.45, 2.75) is 6.48 Å². The third kappa shape index (κ3) is 7.19. The van der Waals surface area contributed by atoms with Gasteiger partial charge in [0, 0.05) is 0 Å². The fourth-order valence-electron chi connectivity index (χ4n) is 0.494. The second kappa shape index (κ2) is 6.40. The van der Waals surface area contributed by atoms with Crippen LogP contribution in [0.5, 0.6) is 0 Å². The molecule has 0 aromatic carbocycles. The highest BCUT2D eigenvalue weighted by atomic mass is 32.2. The lowest BCUT2D eigenvalue weighted by Crippen LogP contribution is -2.28. The molecule has 0 spiro atoms. The summed E-state index contributed by atoms with van der Waals surface area (Å²) in [4.78, 5) is 0. The lowest BCUT2D eigenvalue weighted by molar-refractivity contribution is -0.126. The van der Waals surface area contributed by atoms with Crippen LogP contribution in [0.15, 0.2) is 36.0 Å². The molecule has 0 atom stereocenters. The van der Waals surface area contributed by atoms with Crippen LogP contribution in [-0.4, -0.2) is 31.7 Å². The molecule has 0 bridgehead atoms. The molecule has 0 aliphatic carbocycles. The van der Waals surface area contributed by atoms with E-state index in [0.29, 0.717) is 0 Å². The molecule has 0 fully saturated rings. The van der Waals surface area contributed by atoms with Gasteiger partial charge in [-0.3, -0.25) is 0 Å². The maximum atomic E-state index is 11.0. The summed E-state index contributed by atoms with van der Waals surface area (Å²) in [6.07, 6.45) is 0. The summed E-state index contributed by atoms with van der Waals surface area (Å²) in [7, 11) is -13.4. The topological polar surface area (TPSA) is 130 Å². The highest BCUT2D eigenvalue weighted by Crippen LogP contribution is 2.13. The molecule has 19 heavy (non-hydrogen) atoms. The number of rotatable bonds is 9. The van der Waals surface area contributed by atoms with Gasteiger partial charge in [0.1, 0.15) is 0 Å². The summed E-state index contributed by atoms with van der Waals surface area (Å²) in [5.74, 6) is 0.